The molecule has 1 aromatic carbocycles. The van der Waals surface area contributed by atoms with E-state index in [0.29, 0.717) is 6.61 Å². The van der Waals surface area contributed by atoms with Crippen LogP contribution in [0, 0.1) is 0 Å². The quantitative estimate of drug-likeness (QED) is 0.738. The summed E-state index contributed by atoms with van der Waals surface area (Å²) in [5.74, 6) is 0. The normalized spacial score (nSPS) is 12.8. The molecule has 72 valence electrons. The molecule has 1 unspecified atom stereocenters. The van der Waals surface area contributed by atoms with E-state index in [1.165, 1.54) is 0 Å². The standard InChI is InChI=1S/C9H14NO2P/c1-10-13(11-2)12-8-9-6-4-3-5-7-9/h3-7,10H,8H2,1-2H3. The van der Waals surface area contributed by atoms with Crippen LogP contribution in [0.1, 0.15) is 5.56 Å². The molecule has 0 fully saturated rings. The minimum Gasteiger partial charge on any atom is -0.325 e. The second-order valence-corrected chi connectivity index (χ2v) is 4.01. The maximum Gasteiger partial charge on any atom is 0.255 e. The van der Waals surface area contributed by atoms with Gasteiger partial charge in [-0.15, -0.1) is 0 Å². The van der Waals surface area contributed by atoms with E-state index < -0.39 is 8.53 Å². The molecule has 0 radical (unpaired) electrons. The highest BCUT2D eigenvalue weighted by Crippen LogP contribution is 2.32. The van der Waals surface area contributed by atoms with Crippen LogP contribution in [0.5, 0.6) is 0 Å². The molecule has 0 saturated heterocycles. The Labute approximate surface area is 80.0 Å². The van der Waals surface area contributed by atoms with Gasteiger partial charge in [-0.05, 0) is 12.6 Å². The molecule has 1 rings (SSSR count). The summed E-state index contributed by atoms with van der Waals surface area (Å²) in [4.78, 5) is 0. The number of hydrogen-bond acceptors (Lipinski definition) is 3. The molecule has 1 N–H and O–H groups in total. The van der Waals surface area contributed by atoms with Gasteiger partial charge in [0.05, 0.1) is 6.61 Å². The van der Waals surface area contributed by atoms with Gasteiger partial charge in [0.15, 0.2) is 0 Å². The summed E-state index contributed by atoms with van der Waals surface area (Å²) in [6, 6.07) is 10.0. The highest BCUT2D eigenvalue weighted by atomic mass is 31.2. The third-order valence-electron chi connectivity index (χ3n) is 1.54. The van der Waals surface area contributed by atoms with Crippen molar-refractivity contribution in [2.45, 2.75) is 6.61 Å². The van der Waals surface area contributed by atoms with Crippen LogP contribution in [-0.4, -0.2) is 14.2 Å². The van der Waals surface area contributed by atoms with Crippen LogP contribution in [0.2, 0.25) is 0 Å². The first-order chi connectivity index (χ1) is 6.36. The van der Waals surface area contributed by atoms with Gasteiger partial charge in [0, 0.05) is 7.11 Å². The molecule has 3 nitrogen and oxygen atoms in total. The first-order valence-electron chi connectivity index (χ1n) is 4.05. The molecule has 0 aliphatic rings. The van der Waals surface area contributed by atoms with Crippen LogP contribution in [0.25, 0.3) is 0 Å². The fourth-order valence-corrected chi connectivity index (χ4v) is 1.60. The third-order valence-corrected chi connectivity index (χ3v) is 2.60. The minimum atomic E-state index is -0.930. The predicted octanol–water partition coefficient (Wildman–Crippen LogP) is 2.30. The van der Waals surface area contributed by atoms with Crippen molar-refractivity contribution < 1.29 is 9.05 Å². The van der Waals surface area contributed by atoms with Crippen molar-refractivity contribution >= 4 is 8.53 Å². The van der Waals surface area contributed by atoms with E-state index >= 15 is 0 Å². The van der Waals surface area contributed by atoms with Crippen molar-refractivity contribution in [1.29, 1.82) is 0 Å². The van der Waals surface area contributed by atoms with Crippen molar-refractivity contribution in [3.63, 3.8) is 0 Å². The van der Waals surface area contributed by atoms with E-state index in [0.717, 1.165) is 5.56 Å². The van der Waals surface area contributed by atoms with E-state index in [1.807, 2.05) is 37.4 Å². The van der Waals surface area contributed by atoms with Gasteiger partial charge in [0.2, 0.25) is 0 Å². The topological polar surface area (TPSA) is 30.5 Å². The van der Waals surface area contributed by atoms with E-state index in [4.69, 9.17) is 9.05 Å². The van der Waals surface area contributed by atoms with Gasteiger partial charge in [-0.1, -0.05) is 30.3 Å². The molecule has 0 amide bonds. The molecule has 1 atom stereocenters. The molecule has 0 saturated carbocycles. The lowest BCUT2D eigenvalue weighted by Gasteiger charge is -2.12. The van der Waals surface area contributed by atoms with Gasteiger partial charge in [-0.3, -0.25) is 5.09 Å². The zero-order chi connectivity index (χ0) is 9.52. The fraction of sp³-hybridized carbons (Fsp3) is 0.333. The zero-order valence-electron chi connectivity index (χ0n) is 7.86. The second kappa shape index (κ2) is 6.06. The minimum absolute atomic E-state index is 0.585. The number of nitrogens with one attached hydrogen (secondary N) is 1. The lowest BCUT2D eigenvalue weighted by molar-refractivity contribution is 0.268. The lowest BCUT2D eigenvalue weighted by Crippen LogP contribution is -2.02. The Balaban J connectivity index is 2.34. The van der Waals surface area contributed by atoms with Crippen LogP contribution in [0.15, 0.2) is 30.3 Å². The monoisotopic (exact) mass is 199 g/mol. The smallest absolute Gasteiger partial charge is 0.255 e. The molecule has 0 bridgehead atoms. The summed E-state index contributed by atoms with van der Waals surface area (Å²) in [5.41, 5.74) is 1.15. The van der Waals surface area contributed by atoms with Crippen molar-refractivity contribution in [1.82, 2.24) is 5.09 Å². The summed E-state index contributed by atoms with van der Waals surface area (Å²) < 4.78 is 10.5. The average molecular weight is 199 g/mol. The summed E-state index contributed by atoms with van der Waals surface area (Å²) in [7, 11) is 2.52. The molecule has 1 aromatic rings. The van der Waals surface area contributed by atoms with Crippen molar-refractivity contribution in [2.75, 3.05) is 14.2 Å². The lowest BCUT2D eigenvalue weighted by atomic mass is 10.2. The predicted molar refractivity (Wildman–Crippen MR) is 54.2 cm³/mol. The van der Waals surface area contributed by atoms with E-state index in [9.17, 15) is 0 Å². The maximum absolute atomic E-state index is 5.46. The van der Waals surface area contributed by atoms with Crippen LogP contribution in [0.4, 0.5) is 0 Å². The second-order valence-electron chi connectivity index (χ2n) is 2.42. The first kappa shape index (κ1) is 10.6. The molecule has 0 spiro atoms. The Morgan fingerprint density at radius 2 is 2.00 bits per heavy atom. The van der Waals surface area contributed by atoms with Gasteiger partial charge < -0.3 is 9.05 Å². The summed E-state index contributed by atoms with van der Waals surface area (Å²) in [5, 5.41) is 2.94. The average Bonchev–Trinajstić information content (AvgIpc) is 2.21. The van der Waals surface area contributed by atoms with E-state index in [1.54, 1.807) is 7.11 Å². The number of rotatable bonds is 5. The SMILES string of the molecule is CNP(OC)OCc1ccccc1. The Morgan fingerprint density at radius 1 is 1.31 bits per heavy atom. The fourth-order valence-electron chi connectivity index (χ4n) is 0.916. The third kappa shape index (κ3) is 3.83. The summed E-state index contributed by atoms with van der Waals surface area (Å²) in [6.45, 7) is 0.585. The largest absolute Gasteiger partial charge is 0.325 e. The van der Waals surface area contributed by atoms with Crippen LogP contribution >= 0.6 is 8.53 Å². The Morgan fingerprint density at radius 3 is 2.54 bits per heavy atom. The maximum atomic E-state index is 5.46. The Hall–Kier alpha value is -0.470. The van der Waals surface area contributed by atoms with Crippen LogP contribution < -0.4 is 5.09 Å². The van der Waals surface area contributed by atoms with Gasteiger partial charge in [0.1, 0.15) is 0 Å². The Bertz CT molecular complexity index is 226. The molecule has 0 aliphatic heterocycles. The molecule has 0 heterocycles. The van der Waals surface area contributed by atoms with Crippen molar-refractivity contribution in [3.05, 3.63) is 35.9 Å². The van der Waals surface area contributed by atoms with Crippen LogP contribution in [0.3, 0.4) is 0 Å². The molecule has 4 heteroatoms. The van der Waals surface area contributed by atoms with Crippen molar-refractivity contribution in [3.8, 4) is 0 Å². The zero-order valence-corrected chi connectivity index (χ0v) is 8.75. The molecular formula is C9H14NO2P. The van der Waals surface area contributed by atoms with Gasteiger partial charge in [-0.25, -0.2) is 0 Å². The highest BCUT2D eigenvalue weighted by Gasteiger charge is 2.04. The van der Waals surface area contributed by atoms with E-state index in [-0.39, 0.29) is 0 Å². The molecule has 0 aromatic heterocycles. The Kier molecular flexibility index (Phi) is 4.94. The van der Waals surface area contributed by atoms with Crippen molar-refractivity contribution in [2.24, 2.45) is 0 Å². The summed E-state index contributed by atoms with van der Waals surface area (Å²) >= 11 is 0. The highest BCUT2D eigenvalue weighted by molar-refractivity contribution is 7.44. The summed E-state index contributed by atoms with van der Waals surface area (Å²) in [6.07, 6.45) is 0. The van der Waals surface area contributed by atoms with Crippen LogP contribution in [-0.2, 0) is 15.7 Å². The van der Waals surface area contributed by atoms with Gasteiger partial charge >= 0.3 is 0 Å². The molecule has 13 heavy (non-hydrogen) atoms. The number of benzene rings is 1. The molecule has 0 aliphatic carbocycles. The molecular weight excluding hydrogens is 185 g/mol. The van der Waals surface area contributed by atoms with Gasteiger partial charge in [0.25, 0.3) is 8.53 Å². The number of hydrogen-bond donors (Lipinski definition) is 1. The van der Waals surface area contributed by atoms with Gasteiger partial charge in [-0.2, -0.15) is 0 Å². The van der Waals surface area contributed by atoms with E-state index in [2.05, 4.69) is 5.09 Å². The first-order valence-corrected chi connectivity index (χ1v) is 5.23.